The van der Waals surface area contributed by atoms with Gasteiger partial charge in [0, 0.05) is 31.9 Å². The summed E-state index contributed by atoms with van der Waals surface area (Å²) in [6.45, 7) is 3.01. The van der Waals surface area contributed by atoms with E-state index >= 15 is 0 Å². The Balaban J connectivity index is 1.22. The number of halogens is 6. The Morgan fingerprint density at radius 3 is 2.61 bits per heavy atom. The maximum Gasteiger partial charge on any atom is 0.420 e. The minimum atomic E-state index is -4.58. The first-order valence-electron chi connectivity index (χ1n) is 11.3. The van der Waals surface area contributed by atoms with Crippen molar-refractivity contribution in [1.82, 2.24) is 20.1 Å². The maximum atomic E-state index is 13.1. The van der Waals surface area contributed by atoms with E-state index in [0.29, 0.717) is 43.6 Å². The fourth-order valence-electron chi connectivity index (χ4n) is 4.40. The van der Waals surface area contributed by atoms with E-state index < -0.39 is 29.5 Å². The number of anilines is 2. The summed E-state index contributed by atoms with van der Waals surface area (Å²) in [5, 5.41) is 9.43. The predicted molar refractivity (Wildman–Crippen MR) is 116 cm³/mol. The average molecular weight is 518 g/mol. The molecule has 0 aliphatic carbocycles. The molecule has 0 aromatic carbocycles. The highest BCUT2D eigenvalue weighted by Crippen LogP contribution is 2.37. The molecule has 4 rings (SSSR count). The molecule has 4 heterocycles. The van der Waals surface area contributed by atoms with Gasteiger partial charge in [-0.25, -0.2) is 4.98 Å². The van der Waals surface area contributed by atoms with Crippen LogP contribution in [0.25, 0.3) is 0 Å². The van der Waals surface area contributed by atoms with Gasteiger partial charge in [-0.3, -0.25) is 4.79 Å². The number of aromatic nitrogens is 3. The topological polar surface area (TPSA) is 83.5 Å². The largest absolute Gasteiger partial charge is 0.420 e. The summed E-state index contributed by atoms with van der Waals surface area (Å²) in [5.41, 5.74) is -1.41. The van der Waals surface area contributed by atoms with Gasteiger partial charge in [0.05, 0.1) is 49.3 Å². The van der Waals surface area contributed by atoms with E-state index in [0.717, 1.165) is 18.5 Å². The molecule has 2 aliphatic rings. The van der Waals surface area contributed by atoms with Crippen molar-refractivity contribution in [3.05, 3.63) is 41.3 Å². The summed E-state index contributed by atoms with van der Waals surface area (Å²) in [7, 11) is 0. The third kappa shape index (κ3) is 5.79. The van der Waals surface area contributed by atoms with E-state index in [1.165, 1.54) is 0 Å². The van der Waals surface area contributed by atoms with Gasteiger partial charge in [0.2, 0.25) is 5.91 Å². The summed E-state index contributed by atoms with van der Waals surface area (Å²) in [6, 6.07) is 0.492. The summed E-state index contributed by atoms with van der Waals surface area (Å²) >= 11 is 0. The van der Waals surface area contributed by atoms with Crippen molar-refractivity contribution >= 4 is 17.4 Å². The molecular weight excluding hydrogens is 494 g/mol. The number of hydrogen-bond acceptors (Lipinski definition) is 7. The number of hydrogen-bond donors (Lipinski definition) is 1. The molecule has 196 valence electrons. The number of rotatable bonds is 7. The van der Waals surface area contributed by atoms with Crippen molar-refractivity contribution in [3.8, 4) is 0 Å². The highest BCUT2D eigenvalue weighted by Gasteiger charge is 2.39. The molecule has 0 spiro atoms. The number of carbonyl (C=O) groups excluding carboxylic acids is 1. The van der Waals surface area contributed by atoms with Crippen LogP contribution in [-0.2, 0) is 28.3 Å². The number of ether oxygens (including phenoxy) is 1. The second-order valence-electron chi connectivity index (χ2n) is 8.78. The molecule has 1 amide bonds. The molecule has 1 unspecified atom stereocenters. The molecule has 2 aliphatic heterocycles. The van der Waals surface area contributed by atoms with Crippen LogP contribution in [0, 0.1) is 0 Å². The summed E-state index contributed by atoms with van der Waals surface area (Å²) in [6.07, 6.45) is -6.12. The van der Waals surface area contributed by atoms with Crippen LogP contribution in [0.3, 0.4) is 0 Å². The first-order chi connectivity index (χ1) is 16.9. The molecule has 0 radical (unpaired) electrons. The van der Waals surface area contributed by atoms with Crippen LogP contribution in [0.15, 0.2) is 24.7 Å². The quantitative estimate of drug-likeness (QED) is 0.445. The van der Waals surface area contributed by atoms with Gasteiger partial charge in [-0.05, 0) is 25.0 Å². The van der Waals surface area contributed by atoms with Crippen LogP contribution in [0.4, 0.5) is 37.8 Å². The van der Waals surface area contributed by atoms with Gasteiger partial charge in [0.25, 0.3) is 0 Å². The lowest BCUT2D eigenvalue weighted by Crippen LogP contribution is -2.53. The molecular formula is C22H24F6N6O2. The Kier molecular flexibility index (Phi) is 7.25. The molecule has 2 atom stereocenters. The molecule has 14 heteroatoms. The van der Waals surface area contributed by atoms with Crippen LogP contribution in [0.2, 0.25) is 0 Å². The Morgan fingerprint density at radius 1 is 1.14 bits per heavy atom. The highest BCUT2D eigenvalue weighted by atomic mass is 19.4. The highest BCUT2D eigenvalue weighted by molar-refractivity contribution is 5.77. The van der Waals surface area contributed by atoms with Crippen LogP contribution in [-0.4, -0.2) is 70.9 Å². The van der Waals surface area contributed by atoms with Gasteiger partial charge in [-0.15, -0.1) is 0 Å². The van der Waals surface area contributed by atoms with E-state index in [1.807, 2.05) is 4.90 Å². The lowest BCUT2D eigenvalue weighted by molar-refractivity contribution is -0.138. The van der Waals surface area contributed by atoms with Crippen molar-refractivity contribution in [2.24, 2.45) is 0 Å². The molecule has 1 saturated heterocycles. The SMILES string of the molecule is C[C@@H](COCCC(=O)N1CCN2c3ncc(C(F)(F)F)cc3CC2C1)Nc1cnncc1C(F)(F)F. The van der Waals surface area contributed by atoms with E-state index in [1.54, 1.807) is 11.8 Å². The summed E-state index contributed by atoms with van der Waals surface area (Å²) < 4.78 is 83.6. The Morgan fingerprint density at radius 2 is 1.89 bits per heavy atom. The van der Waals surface area contributed by atoms with Crippen LogP contribution in [0.1, 0.15) is 30.0 Å². The second kappa shape index (κ2) is 10.1. The number of nitrogens with zero attached hydrogens (tertiary/aromatic N) is 5. The number of carbonyl (C=O) groups is 1. The molecule has 0 bridgehead atoms. The number of amides is 1. The average Bonchev–Trinajstić information content (AvgIpc) is 3.18. The van der Waals surface area contributed by atoms with Crippen LogP contribution in [0.5, 0.6) is 0 Å². The molecule has 8 nitrogen and oxygen atoms in total. The van der Waals surface area contributed by atoms with Crippen molar-refractivity contribution in [2.45, 2.75) is 44.2 Å². The van der Waals surface area contributed by atoms with E-state index in [-0.39, 0.29) is 37.3 Å². The van der Waals surface area contributed by atoms with Crippen molar-refractivity contribution < 1.29 is 35.9 Å². The monoisotopic (exact) mass is 518 g/mol. The Bertz CT molecular complexity index is 1100. The minimum Gasteiger partial charge on any atom is -0.379 e. The first kappa shape index (κ1) is 25.9. The lowest BCUT2D eigenvalue weighted by Gasteiger charge is -2.38. The smallest absolute Gasteiger partial charge is 0.379 e. The lowest BCUT2D eigenvalue weighted by atomic mass is 10.1. The number of alkyl halides is 6. The van der Waals surface area contributed by atoms with Gasteiger partial charge in [0.1, 0.15) is 11.4 Å². The molecule has 0 saturated carbocycles. The van der Waals surface area contributed by atoms with E-state index in [2.05, 4.69) is 20.5 Å². The van der Waals surface area contributed by atoms with Crippen LogP contribution < -0.4 is 10.2 Å². The number of fused-ring (bicyclic) bond motifs is 3. The fourth-order valence-corrected chi connectivity index (χ4v) is 4.40. The second-order valence-corrected chi connectivity index (χ2v) is 8.78. The zero-order valence-corrected chi connectivity index (χ0v) is 19.2. The van der Waals surface area contributed by atoms with Gasteiger partial charge in [-0.1, -0.05) is 0 Å². The van der Waals surface area contributed by atoms with Crippen molar-refractivity contribution in [1.29, 1.82) is 0 Å². The molecule has 36 heavy (non-hydrogen) atoms. The fraction of sp³-hybridized carbons (Fsp3) is 0.545. The summed E-state index contributed by atoms with van der Waals surface area (Å²) in [5.74, 6) is 0.371. The van der Waals surface area contributed by atoms with Crippen molar-refractivity contribution in [2.75, 3.05) is 43.1 Å². The van der Waals surface area contributed by atoms with Crippen LogP contribution >= 0.6 is 0 Å². The third-order valence-electron chi connectivity index (χ3n) is 6.10. The molecule has 1 N–H and O–H groups in total. The third-order valence-corrected chi connectivity index (χ3v) is 6.10. The predicted octanol–water partition coefficient (Wildman–Crippen LogP) is 3.39. The molecule has 2 aromatic heterocycles. The minimum absolute atomic E-state index is 0.0613. The zero-order chi connectivity index (χ0) is 26.1. The Hall–Kier alpha value is -3.16. The van der Waals surface area contributed by atoms with Crippen molar-refractivity contribution in [3.63, 3.8) is 0 Å². The summed E-state index contributed by atoms with van der Waals surface area (Å²) in [4.78, 5) is 20.2. The van der Waals surface area contributed by atoms with Gasteiger partial charge in [0.15, 0.2) is 0 Å². The van der Waals surface area contributed by atoms with Gasteiger partial charge >= 0.3 is 12.4 Å². The maximum absolute atomic E-state index is 13.1. The van der Waals surface area contributed by atoms with E-state index in [4.69, 9.17) is 4.74 Å². The zero-order valence-electron chi connectivity index (χ0n) is 19.2. The first-order valence-corrected chi connectivity index (χ1v) is 11.3. The number of piperazine rings is 1. The van der Waals surface area contributed by atoms with Gasteiger partial charge < -0.3 is 19.9 Å². The number of nitrogens with one attached hydrogen (secondary N) is 1. The normalized spacial score (nSPS) is 18.6. The Labute approximate surface area is 202 Å². The molecule has 2 aromatic rings. The van der Waals surface area contributed by atoms with Gasteiger partial charge in [-0.2, -0.15) is 36.5 Å². The molecule has 1 fully saturated rings. The standard InChI is InChI=1S/C22H24F6N6O2/c1-13(32-18-10-31-30-9-17(18)22(26,27)28)12-36-5-2-19(35)33-3-4-34-16(11-33)7-14-6-15(21(23,24)25)8-29-20(14)34/h6,8-10,13,16H,2-5,7,11-12H2,1H3,(H,30,32)/t13-,16?/m0/s1. The van der Waals surface area contributed by atoms with E-state index in [9.17, 15) is 31.1 Å². The number of pyridine rings is 1.